The second kappa shape index (κ2) is 10.4. The van der Waals surface area contributed by atoms with Crippen LogP contribution in [-0.2, 0) is 11.0 Å². The van der Waals surface area contributed by atoms with E-state index in [9.17, 15) is 22.4 Å². The molecule has 5 rings (SSSR count). The molecule has 2 saturated heterocycles. The summed E-state index contributed by atoms with van der Waals surface area (Å²) >= 11 is 0. The van der Waals surface area contributed by atoms with Crippen LogP contribution < -0.4 is 4.90 Å². The van der Waals surface area contributed by atoms with E-state index >= 15 is 0 Å². The maximum Gasteiger partial charge on any atom is 0.416 e. The van der Waals surface area contributed by atoms with Gasteiger partial charge in [-0.05, 0) is 54.3 Å². The first-order valence-electron chi connectivity index (χ1n) is 12.7. The maximum atomic E-state index is 13.8. The second-order valence-electron chi connectivity index (χ2n) is 10.0. The summed E-state index contributed by atoms with van der Waals surface area (Å²) in [6.45, 7) is 7.11. The van der Waals surface area contributed by atoms with Crippen LogP contribution in [0.2, 0.25) is 0 Å². The van der Waals surface area contributed by atoms with Gasteiger partial charge in [0, 0.05) is 64.1 Å². The molecule has 0 bridgehead atoms. The lowest BCUT2D eigenvalue weighted by atomic mass is 9.91. The minimum Gasteiger partial charge on any atom is -0.369 e. The summed E-state index contributed by atoms with van der Waals surface area (Å²) in [6, 6.07) is 10.5. The zero-order valence-corrected chi connectivity index (χ0v) is 20.3. The predicted molar refractivity (Wildman–Crippen MR) is 131 cm³/mol. The molecule has 2 aromatic rings. The summed E-state index contributed by atoms with van der Waals surface area (Å²) in [4.78, 5) is 21.7. The highest BCUT2D eigenvalue weighted by molar-refractivity contribution is 5.78. The molecule has 2 heterocycles. The predicted octanol–water partition coefficient (Wildman–Crippen LogP) is 4.33. The van der Waals surface area contributed by atoms with Crippen molar-refractivity contribution in [3.8, 4) is 11.1 Å². The van der Waals surface area contributed by atoms with Crippen LogP contribution in [0.4, 0.5) is 23.2 Å². The molecule has 0 N–H and O–H groups in total. The van der Waals surface area contributed by atoms with Crippen LogP contribution >= 0.6 is 0 Å². The third kappa shape index (κ3) is 5.67. The van der Waals surface area contributed by atoms with Gasteiger partial charge in [0.15, 0.2) is 0 Å². The summed E-state index contributed by atoms with van der Waals surface area (Å²) in [6.07, 6.45) is -0.673. The molecule has 0 radical (unpaired) electrons. The van der Waals surface area contributed by atoms with E-state index in [1.54, 1.807) is 12.1 Å². The van der Waals surface area contributed by atoms with Crippen LogP contribution in [0.15, 0.2) is 42.5 Å². The Morgan fingerprint density at radius 1 is 0.833 bits per heavy atom. The number of nitrogens with zero attached hydrogens (tertiary/aromatic N) is 4. The summed E-state index contributed by atoms with van der Waals surface area (Å²) in [5.74, 6) is -0.704. The van der Waals surface area contributed by atoms with Gasteiger partial charge in [-0.1, -0.05) is 18.6 Å². The number of hydrogen-bond acceptors (Lipinski definition) is 4. The van der Waals surface area contributed by atoms with Crippen molar-refractivity contribution in [1.82, 2.24) is 14.7 Å². The Morgan fingerprint density at radius 3 is 2.08 bits per heavy atom. The highest BCUT2D eigenvalue weighted by atomic mass is 19.4. The van der Waals surface area contributed by atoms with Crippen molar-refractivity contribution in [2.75, 3.05) is 63.8 Å². The van der Waals surface area contributed by atoms with Gasteiger partial charge < -0.3 is 9.80 Å². The summed E-state index contributed by atoms with van der Waals surface area (Å²) in [5.41, 5.74) is 0.702. The second-order valence-corrected chi connectivity index (χ2v) is 10.0. The zero-order valence-electron chi connectivity index (χ0n) is 20.3. The van der Waals surface area contributed by atoms with Gasteiger partial charge in [0.05, 0.1) is 12.1 Å². The van der Waals surface area contributed by atoms with Gasteiger partial charge >= 0.3 is 6.18 Å². The molecule has 0 atom stereocenters. The lowest BCUT2D eigenvalue weighted by molar-refractivity contribution is -0.137. The van der Waals surface area contributed by atoms with Gasteiger partial charge in [-0.2, -0.15) is 13.2 Å². The first-order valence-corrected chi connectivity index (χ1v) is 12.7. The summed E-state index contributed by atoms with van der Waals surface area (Å²) in [7, 11) is 0. The van der Waals surface area contributed by atoms with Crippen LogP contribution in [0, 0.1) is 5.82 Å². The summed E-state index contributed by atoms with van der Waals surface area (Å²) in [5, 5.41) is 0. The van der Waals surface area contributed by atoms with Gasteiger partial charge in [-0.3, -0.25) is 14.6 Å². The van der Waals surface area contributed by atoms with Gasteiger partial charge in [-0.25, -0.2) is 4.39 Å². The maximum absolute atomic E-state index is 13.8. The number of anilines is 1. The van der Waals surface area contributed by atoms with Gasteiger partial charge in [0.25, 0.3) is 0 Å². The fourth-order valence-electron chi connectivity index (χ4n) is 5.33. The molecule has 2 aromatic carbocycles. The van der Waals surface area contributed by atoms with Crippen LogP contribution in [0.1, 0.15) is 24.8 Å². The molecule has 36 heavy (non-hydrogen) atoms. The minimum absolute atomic E-state index is 0.200. The van der Waals surface area contributed by atoms with Gasteiger partial charge in [0.2, 0.25) is 5.91 Å². The van der Waals surface area contributed by atoms with E-state index in [2.05, 4.69) is 14.7 Å². The monoisotopic (exact) mass is 504 g/mol. The van der Waals surface area contributed by atoms with Crippen molar-refractivity contribution >= 4 is 11.6 Å². The number of benzene rings is 2. The standard InChI is InChI=1S/C27H32F4N4O/c28-23-17-21(16-22(18-23)27(29,30)31)20-4-6-25(7-5-20)33-10-8-32(9-11-33)19-26(36)35-14-12-34(13-15-35)24-2-1-3-24/h4-7,16-18,24H,1-3,8-15,19H2. The average Bonchev–Trinajstić information content (AvgIpc) is 2.83. The smallest absolute Gasteiger partial charge is 0.369 e. The quantitative estimate of drug-likeness (QED) is 0.567. The Bertz CT molecular complexity index is 1050. The van der Waals surface area contributed by atoms with Gasteiger partial charge in [0.1, 0.15) is 5.82 Å². The van der Waals surface area contributed by atoms with Crippen molar-refractivity contribution in [1.29, 1.82) is 0 Å². The number of amides is 1. The Hall–Kier alpha value is -2.65. The zero-order chi connectivity index (χ0) is 25.3. The normalized spacial score (nSPS) is 20.4. The topological polar surface area (TPSA) is 30.0 Å². The fraction of sp³-hybridized carbons (Fsp3) is 0.519. The molecule has 1 aliphatic carbocycles. The molecule has 0 aromatic heterocycles. The molecular formula is C27H32F4N4O. The van der Waals surface area contributed by atoms with E-state index in [1.807, 2.05) is 17.0 Å². The lowest BCUT2D eigenvalue weighted by Gasteiger charge is -2.43. The number of rotatable bonds is 5. The molecular weight excluding hydrogens is 472 g/mol. The molecule has 0 spiro atoms. The highest BCUT2D eigenvalue weighted by Gasteiger charge is 2.32. The molecule has 3 fully saturated rings. The number of hydrogen-bond donors (Lipinski definition) is 0. The van der Waals surface area contributed by atoms with Crippen LogP contribution in [-0.4, -0.2) is 85.6 Å². The van der Waals surface area contributed by atoms with E-state index in [4.69, 9.17) is 0 Å². The van der Waals surface area contributed by atoms with Gasteiger partial charge in [-0.15, -0.1) is 0 Å². The highest BCUT2D eigenvalue weighted by Crippen LogP contribution is 2.34. The van der Waals surface area contributed by atoms with Crippen molar-refractivity contribution in [2.45, 2.75) is 31.5 Å². The minimum atomic E-state index is -4.60. The van der Waals surface area contributed by atoms with E-state index < -0.39 is 17.6 Å². The SMILES string of the molecule is O=C(CN1CCN(c2ccc(-c3cc(F)cc(C(F)(F)F)c3)cc2)CC1)N1CCN(C2CCC2)CC1. The molecule has 9 heteroatoms. The fourth-order valence-corrected chi connectivity index (χ4v) is 5.33. The largest absolute Gasteiger partial charge is 0.416 e. The van der Waals surface area contributed by atoms with Crippen LogP contribution in [0.25, 0.3) is 11.1 Å². The number of piperazine rings is 2. The van der Waals surface area contributed by atoms with Crippen molar-refractivity contribution in [2.24, 2.45) is 0 Å². The molecule has 0 unspecified atom stereocenters. The molecule has 3 aliphatic rings. The lowest BCUT2D eigenvalue weighted by Crippen LogP contribution is -2.56. The Morgan fingerprint density at radius 2 is 1.50 bits per heavy atom. The van der Waals surface area contributed by atoms with E-state index in [0.717, 1.165) is 76.2 Å². The Labute approximate surface area is 209 Å². The van der Waals surface area contributed by atoms with E-state index in [1.165, 1.54) is 19.3 Å². The first-order chi connectivity index (χ1) is 17.3. The number of alkyl halides is 3. The average molecular weight is 505 g/mol. The number of halogens is 4. The summed E-state index contributed by atoms with van der Waals surface area (Å²) < 4.78 is 52.9. The number of carbonyl (C=O) groups excluding carboxylic acids is 1. The first kappa shape index (κ1) is 25.0. The van der Waals surface area contributed by atoms with E-state index in [0.29, 0.717) is 18.2 Å². The third-order valence-electron chi connectivity index (χ3n) is 7.78. The third-order valence-corrected chi connectivity index (χ3v) is 7.78. The van der Waals surface area contributed by atoms with Crippen LogP contribution in [0.3, 0.4) is 0 Å². The number of carbonyl (C=O) groups is 1. The molecule has 5 nitrogen and oxygen atoms in total. The van der Waals surface area contributed by atoms with Crippen molar-refractivity contribution < 1.29 is 22.4 Å². The molecule has 1 amide bonds. The molecule has 1 saturated carbocycles. The van der Waals surface area contributed by atoms with Crippen molar-refractivity contribution in [3.05, 3.63) is 53.8 Å². The Kier molecular flexibility index (Phi) is 7.21. The van der Waals surface area contributed by atoms with E-state index in [-0.39, 0.29) is 11.5 Å². The molecule has 2 aliphatic heterocycles. The van der Waals surface area contributed by atoms with Crippen molar-refractivity contribution in [3.63, 3.8) is 0 Å². The van der Waals surface area contributed by atoms with Crippen LogP contribution in [0.5, 0.6) is 0 Å². The molecule has 194 valence electrons. The Balaban J connectivity index is 1.12.